The standard InChI is InChI=1S/C27H38N4O6S/c1-38(35)37-23-17-20(28-22-5-6-24(32)29-26(22)34)3-4-21(23)19-7-12-30(13-8-19)18-25(33)31-14-10-27(11-15-31)9-2-16-36-27/h3-4,17,19,22,28H,2,5-16,18H2,1H3,(H,29,32,34). The number of likely N-dealkylation sites (tertiary alicyclic amines) is 2. The predicted octanol–water partition coefficient (Wildman–Crippen LogP) is 1.93. The summed E-state index contributed by atoms with van der Waals surface area (Å²) in [6.45, 7) is 4.47. The highest BCUT2D eigenvalue weighted by atomic mass is 32.2. The van der Waals surface area contributed by atoms with Gasteiger partial charge in [0.15, 0.2) is 0 Å². The average molecular weight is 547 g/mol. The van der Waals surface area contributed by atoms with Crippen LogP contribution in [0.4, 0.5) is 5.69 Å². The second-order valence-electron chi connectivity index (χ2n) is 11.0. The number of ether oxygens (including phenoxy) is 1. The van der Waals surface area contributed by atoms with E-state index in [4.69, 9.17) is 8.92 Å². The Morgan fingerprint density at radius 1 is 1.16 bits per heavy atom. The van der Waals surface area contributed by atoms with Crippen LogP contribution in [0.3, 0.4) is 0 Å². The molecule has 1 aromatic rings. The molecule has 1 spiro atoms. The lowest BCUT2D eigenvalue weighted by atomic mass is 9.88. The summed E-state index contributed by atoms with van der Waals surface area (Å²) in [6, 6.07) is 5.15. The van der Waals surface area contributed by atoms with Crippen molar-refractivity contribution in [2.75, 3.05) is 50.9 Å². The molecule has 3 amide bonds. The van der Waals surface area contributed by atoms with Gasteiger partial charge in [-0.15, -0.1) is 0 Å². The topological polar surface area (TPSA) is 117 Å². The van der Waals surface area contributed by atoms with Crippen molar-refractivity contribution in [2.24, 2.45) is 0 Å². The minimum atomic E-state index is -1.50. The van der Waals surface area contributed by atoms with Gasteiger partial charge in [0.1, 0.15) is 11.8 Å². The summed E-state index contributed by atoms with van der Waals surface area (Å²) >= 11 is -1.50. The first-order valence-corrected chi connectivity index (χ1v) is 15.2. The van der Waals surface area contributed by atoms with Crippen LogP contribution in [-0.2, 0) is 30.2 Å². The molecule has 38 heavy (non-hydrogen) atoms. The van der Waals surface area contributed by atoms with Crippen LogP contribution >= 0.6 is 0 Å². The molecule has 2 N–H and O–H groups in total. The molecule has 4 fully saturated rings. The average Bonchev–Trinajstić information content (AvgIpc) is 3.34. The number of hydrogen-bond acceptors (Lipinski definition) is 8. The van der Waals surface area contributed by atoms with Crippen molar-refractivity contribution in [3.05, 3.63) is 23.8 Å². The number of imide groups is 1. The van der Waals surface area contributed by atoms with Crippen LogP contribution < -0.4 is 14.8 Å². The second kappa shape index (κ2) is 11.7. The van der Waals surface area contributed by atoms with Gasteiger partial charge in [0.25, 0.3) is 0 Å². The molecule has 0 aromatic heterocycles. The molecule has 11 heteroatoms. The van der Waals surface area contributed by atoms with E-state index in [0.717, 1.165) is 76.9 Å². The zero-order valence-corrected chi connectivity index (χ0v) is 22.9. The lowest BCUT2D eigenvalue weighted by molar-refractivity contribution is -0.137. The Morgan fingerprint density at radius 2 is 1.92 bits per heavy atom. The quantitative estimate of drug-likeness (QED) is 0.499. The molecular formula is C27H38N4O6S. The van der Waals surface area contributed by atoms with Gasteiger partial charge in [0.2, 0.25) is 28.8 Å². The first-order valence-electron chi connectivity index (χ1n) is 13.7. The van der Waals surface area contributed by atoms with Crippen molar-refractivity contribution in [2.45, 2.75) is 68.9 Å². The lowest BCUT2D eigenvalue weighted by Gasteiger charge is -2.40. The van der Waals surface area contributed by atoms with E-state index in [2.05, 4.69) is 15.5 Å². The molecule has 2 unspecified atom stereocenters. The number of carbonyl (C=O) groups is 3. The summed E-state index contributed by atoms with van der Waals surface area (Å²) in [5, 5.41) is 5.52. The third-order valence-corrected chi connectivity index (χ3v) is 8.81. The van der Waals surface area contributed by atoms with Crippen molar-refractivity contribution in [1.29, 1.82) is 0 Å². The van der Waals surface area contributed by atoms with Crippen LogP contribution in [0.5, 0.6) is 5.75 Å². The number of rotatable bonds is 7. The zero-order valence-electron chi connectivity index (χ0n) is 22.0. The van der Waals surface area contributed by atoms with Gasteiger partial charge in [-0.1, -0.05) is 6.07 Å². The molecule has 208 valence electrons. The Balaban J connectivity index is 1.15. The Hall–Kier alpha value is -2.50. The van der Waals surface area contributed by atoms with E-state index in [-0.39, 0.29) is 35.7 Å². The lowest BCUT2D eigenvalue weighted by Crippen LogP contribution is -2.49. The Morgan fingerprint density at radius 3 is 2.58 bits per heavy atom. The molecule has 0 radical (unpaired) electrons. The van der Waals surface area contributed by atoms with Crippen LogP contribution in [0, 0.1) is 0 Å². The molecule has 2 atom stereocenters. The van der Waals surface area contributed by atoms with Gasteiger partial charge >= 0.3 is 0 Å². The summed E-state index contributed by atoms with van der Waals surface area (Å²) in [5.74, 6) is 0.355. The molecule has 0 aliphatic carbocycles. The number of benzene rings is 1. The maximum atomic E-state index is 13.0. The fourth-order valence-corrected chi connectivity index (χ4v) is 6.60. The highest BCUT2D eigenvalue weighted by Gasteiger charge is 2.39. The number of nitrogens with zero attached hydrogens (tertiary/aromatic N) is 2. The largest absolute Gasteiger partial charge is 0.400 e. The third-order valence-electron chi connectivity index (χ3n) is 8.40. The molecule has 1 aromatic carbocycles. The molecule has 4 heterocycles. The Kier molecular flexibility index (Phi) is 8.35. The summed E-state index contributed by atoms with van der Waals surface area (Å²) < 4.78 is 23.6. The highest BCUT2D eigenvalue weighted by Crippen LogP contribution is 2.38. The van der Waals surface area contributed by atoms with Gasteiger partial charge in [-0.3, -0.25) is 24.6 Å². The zero-order chi connectivity index (χ0) is 26.7. The van der Waals surface area contributed by atoms with Crippen molar-refractivity contribution in [3.8, 4) is 5.75 Å². The van der Waals surface area contributed by atoms with Crippen LogP contribution in [0.15, 0.2) is 18.2 Å². The fraction of sp³-hybridized carbons (Fsp3) is 0.667. The van der Waals surface area contributed by atoms with Crippen molar-refractivity contribution in [3.63, 3.8) is 0 Å². The van der Waals surface area contributed by atoms with Crippen LogP contribution in [0.25, 0.3) is 0 Å². The second-order valence-corrected chi connectivity index (χ2v) is 11.9. The van der Waals surface area contributed by atoms with Crippen LogP contribution in [0.1, 0.15) is 62.8 Å². The van der Waals surface area contributed by atoms with E-state index >= 15 is 0 Å². The van der Waals surface area contributed by atoms with Gasteiger partial charge in [0, 0.05) is 44.1 Å². The maximum absolute atomic E-state index is 13.0. The van der Waals surface area contributed by atoms with Crippen molar-refractivity contribution >= 4 is 34.5 Å². The highest BCUT2D eigenvalue weighted by molar-refractivity contribution is 7.79. The normalized spacial score (nSPS) is 25.3. The van der Waals surface area contributed by atoms with Gasteiger partial charge < -0.3 is 19.1 Å². The minimum absolute atomic E-state index is 0.0179. The van der Waals surface area contributed by atoms with Crippen LogP contribution in [-0.4, -0.2) is 89.0 Å². The van der Waals surface area contributed by atoms with E-state index in [1.165, 1.54) is 6.26 Å². The molecule has 4 aliphatic rings. The monoisotopic (exact) mass is 546 g/mol. The molecule has 4 aliphatic heterocycles. The van der Waals surface area contributed by atoms with Gasteiger partial charge in [0.05, 0.1) is 12.1 Å². The number of piperidine rings is 3. The Bertz CT molecular complexity index is 1070. The number of amides is 3. The van der Waals surface area contributed by atoms with E-state index in [1.54, 1.807) is 6.07 Å². The molecule has 0 saturated carbocycles. The Labute approximate surface area is 226 Å². The fourth-order valence-electron chi connectivity index (χ4n) is 6.20. The number of nitrogens with one attached hydrogen (secondary N) is 2. The van der Waals surface area contributed by atoms with E-state index in [9.17, 15) is 18.6 Å². The van der Waals surface area contributed by atoms with Gasteiger partial charge in [-0.05, 0) is 75.6 Å². The van der Waals surface area contributed by atoms with E-state index in [1.807, 2.05) is 17.0 Å². The summed E-state index contributed by atoms with van der Waals surface area (Å²) in [6.07, 6.45) is 8.07. The van der Waals surface area contributed by atoms with E-state index in [0.29, 0.717) is 24.4 Å². The minimum Gasteiger partial charge on any atom is -0.400 e. The molecular weight excluding hydrogens is 508 g/mol. The summed E-state index contributed by atoms with van der Waals surface area (Å²) in [5.41, 5.74) is 1.68. The van der Waals surface area contributed by atoms with Gasteiger partial charge in [-0.2, -0.15) is 0 Å². The summed E-state index contributed by atoms with van der Waals surface area (Å²) in [4.78, 5) is 40.8. The maximum Gasteiger partial charge on any atom is 0.249 e. The molecule has 0 bridgehead atoms. The first-order chi connectivity index (χ1) is 18.3. The van der Waals surface area contributed by atoms with E-state index < -0.39 is 17.1 Å². The SMILES string of the molecule is CS(=O)Oc1cc(NC2CCC(=O)NC2=O)ccc1C1CCN(CC(=O)N2CCC3(CCCO3)CC2)CC1. The van der Waals surface area contributed by atoms with Crippen molar-refractivity contribution in [1.82, 2.24) is 15.1 Å². The summed E-state index contributed by atoms with van der Waals surface area (Å²) in [7, 11) is 0. The number of anilines is 1. The predicted molar refractivity (Wildman–Crippen MR) is 143 cm³/mol. The first kappa shape index (κ1) is 27.1. The molecule has 4 saturated heterocycles. The molecule has 10 nitrogen and oxygen atoms in total. The van der Waals surface area contributed by atoms with Crippen LogP contribution in [0.2, 0.25) is 0 Å². The third kappa shape index (κ3) is 6.38. The molecule has 5 rings (SSSR count). The van der Waals surface area contributed by atoms with Gasteiger partial charge in [-0.25, -0.2) is 4.21 Å². The van der Waals surface area contributed by atoms with Crippen molar-refractivity contribution < 1.29 is 27.5 Å². The number of carbonyl (C=O) groups excluding carboxylic acids is 3. The smallest absolute Gasteiger partial charge is 0.249 e. The number of hydrogen-bond donors (Lipinski definition) is 2.